The Morgan fingerprint density at radius 3 is 2.36 bits per heavy atom. The Morgan fingerprint density at radius 2 is 1.68 bits per heavy atom. The summed E-state index contributed by atoms with van der Waals surface area (Å²) < 4.78 is 0. The van der Waals surface area contributed by atoms with E-state index in [-0.39, 0.29) is 11.9 Å². The predicted molar refractivity (Wildman–Crippen MR) is 103 cm³/mol. The Bertz CT molecular complexity index is 699. The molecule has 5 heteroatoms. The minimum atomic E-state index is 0.0447. The van der Waals surface area contributed by atoms with E-state index in [4.69, 9.17) is 11.6 Å². The number of carbonyl (C=O) groups excluding carboxylic acids is 1. The van der Waals surface area contributed by atoms with Crippen LogP contribution in [0, 0.1) is 0 Å². The smallest absolute Gasteiger partial charge is 0.236 e. The van der Waals surface area contributed by atoms with Gasteiger partial charge in [-0.1, -0.05) is 48.0 Å². The molecular formula is C20H24ClN3O. The molecule has 1 N–H and O–H groups in total. The van der Waals surface area contributed by atoms with Gasteiger partial charge in [-0.15, -0.1) is 0 Å². The lowest BCUT2D eigenvalue weighted by Gasteiger charge is -2.36. The van der Waals surface area contributed by atoms with Crippen molar-refractivity contribution in [1.29, 1.82) is 0 Å². The van der Waals surface area contributed by atoms with Crippen LogP contribution >= 0.6 is 11.6 Å². The summed E-state index contributed by atoms with van der Waals surface area (Å²) in [6.07, 6.45) is 0. The number of hydrogen-bond acceptors (Lipinski definition) is 3. The topological polar surface area (TPSA) is 35.6 Å². The molecule has 0 unspecified atom stereocenters. The molecule has 2 aromatic rings. The lowest BCUT2D eigenvalue weighted by atomic mass is 10.1. The van der Waals surface area contributed by atoms with Gasteiger partial charge in [-0.25, -0.2) is 0 Å². The van der Waals surface area contributed by atoms with Crippen molar-refractivity contribution in [1.82, 2.24) is 10.2 Å². The van der Waals surface area contributed by atoms with Crippen molar-refractivity contribution >= 4 is 23.2 Å². The number of carbonyl (C=O) groups is 1. The molecule has 1 fully saturated rings. The number of anilines is 1. The molecule has 4 nitrogen and oxygen atoms in total. The van der Waals surface area contributed by atoms with E-state index in [1.807, 2.05) is 54.3 Å². The van der Waals surface area contributed by atoms with E-state index < -0.39 is 0 Å². The van der Waals surface area contributed by atoms with Crippen LogP contribution in [0.3, 0.4) is 0 Å². The summed E-state index contributed by atoms with van der Waals surface area (Å²) in [4.78, 5) is 16.7. The van der Waals surface area contributed by atoms with Crippen LogP contribution in [-0.4, -0.2) is 43.5 Å². The normalized spacial score (nSPS) is 15.9. The fourth-order valence-corrected chi connectivity index (χ4v) is 3.44. The van der Waals surface area contributed by atoms with Gasteiger partial charge in [0.15, 0.2) is 0 Å². The second-order valence-corrected chi connectivity index (χ2v) is 6.73. The molecule has 0 bridgehead atoms. The quantitative estimate of drug-likeness (QED) is 0.891. The maximum absolute atomic E-state index is 12.5. The zero-order valence-electron chi connectivity index (χ0n) is 14.5. The lowest BCUT2D eigenvalue weighted by molar-refractivity contribution is -0.130. The third-order valence-corrected chi connectivity index (χ3v) is 5.03. The number of nitrogens with one attached hydrogen (secondary N) is 1. The van der Waals surface area contributed by atoms with Gasteiger partial charge in [-0.2, -0.15) is 0 Å². The summed E-state index contributed by atoms with van der Waals surface area (Å²) in [6, 6.07) is 18.1. The van der Waals surface area contributed by atoms with E-state index in [2.05, 4.69) is 22.3 Å². The second kappa shape index (κ2) is 8.37. The van der Waals surface area contributed by atoms with Crippen LogP contribution in [0.2, 0.25) is 5.02 Å². The van der Waals surface area contributed by atoms with Gasteiger partial charge in [0.1, 0.15) is 0 Å². The average Bonchev–Trinajstić information content (AvgIpc) is 2.67. The largest absolute Gasteiger partial charge is 0.368 e. The molecule has 132 valence electrons. The van der Waals surface area contributed by atoms with E-state index in [0.717, 1.165) is 36.8 Å². The highest BCUT2D eigenvalue weighted by Crippen LogP contribution is 2.22. The van der Waals surface area contributed by atoms with E-state index in [0.29, 0.717) is 6.54 Å². The van der Waals surface area contributed by atoms with Crippen molar-refractivity contribution in [2.45, 2.75) is 13.0 Å². The lowest BCUT2D eigenvalue weighted by Crippen LogP contribution is -2.51. The van der Waals surface area contributed by atoms with E-state index in [1.54, 1.807) is 0 Å². The molecule has 0 aromatic heterocycles. The number of nitrogens with zero attached hydrogens (tertiary/aromatic N) is 2. The van der Waals surface area contributed by atoms with E-state index in [1.165, 1.54) is 5.69 Å². The first-order valence-electron chi connectivity index (χ1n) is 8.71. The summed E-state index contributed by atoms with van der Waals surface area (Å²) in [5.41, 5.74) is 2.24. The van der Waals surface area contributed by atoms with Gasteiger partial charge in [-0.05, 0) is 30.7 Å². The number of piperazine rings is 1. The Kier molecular flexibility index (Phi) is 5.95. The Morgan fingerprint density at radius 1 is 1.04 bits per heavy atom. The van der Waals surface area contributed by atoms with E-state index in [9.17, 15) is 4.79 Å². The highest BCUT2D eigenvalue weighted by Gasteiger charge is 2.21. The molecule has 0 radical (unpaired) electrons. The number of halogens is 1. The Balaban J connectivity index is 1.47. The highest BCUT2D eigenvalue weighted by atomic mass is 35.5. The molecular weight excluding hydrogens is 334 g/mol. The van der Waals surface area contributed by atoms with Crippen LogP contribution in [0.5, 0.6) is 0 Å². The van der Waals surface area contributed by atoms with Crippen molar-refractivity contribution in [2.75, 3.05) is 37.6 Å². The number of amides is 1. The van der Waals surface area contributed by atoms with Gasteiger partial charge in [-0.3, -0.25) is 4.79 Å². The molecule has 1 saturated heterocycles. The first kappa shape index (κ1) is 17.8. The molecule has 0 aliphatic carbocycles. The summed E-state index contributed by atoms with van der Waals surface area (Å²) in [5, 5.41) is 4.02. The molecule has 1 aliphatic rings. The molecule has 1 atom stereocenters. The molecule has 1 aliphatic heterocycles. The van der Waals surface area contributed by atoms with Crippen molar-refractivity contribution in [3.8, 4) is 0 Å². The molecule has 1 heterocycles. The molecule has 3 rings (SSSR count). The molecule has 0 spiro atoms. The summed E-state index contributed by atoms with van der Waals surface area (Å²) >= 11 is 6.22. The monoisotopic (exact) mass is 357 g/mol. The van der Waals surface area contributed by atoms with Crippen LogP contribution in [0.15, 0.2) is 54.6 Å². The van der Waals surface area contributed by atoms with Gasteiger partial charge >= 0.3 is 0 Å². The zero-order chi connectivity index (χ0) is 17.6. The Hall–Kier alpha value is -2.04. The Labute approximate surface area is 154 Å². The number of para-hydroxylation sites is 1. The third-order valence-electron chi connectivity index (χ3n) is 4.68. The minimum Gasteiger partial charge on any atom is -0.368 e. The first-order valence-corrected chi connectivity index (χ1v) is 9.08. The zero-order valence-corrected chi connectivity index (χ0v) is 15.2. The number of hydrogen-bond donors (Lipinski definition) is 1. The first-order chi connectivity index (χ1) is 12.1. The highest BCUT2D eigenvalue weighted by molar-refractivity contribution is 6.31. The molecule has 2 aromatic carbocycles. The van der Waals surface area contributed by atoms with Gasteiger partial charge in [0.2, 0.25) is 5.91 Å². The molecule has 25 heavy (non-hydrogen) atoms. The maximum atomic E-state index is 12.5. The van der Waals surface area contributed by atoms with Crippen molar-refractivity contribution < 1.29 is 4.79 Å². The SMILES string of the molecule is C[C@@H](NCC(=O)N1CCN(c2ccccc2)CC1)c1ccccc1Cl. The average molecular weight is 358 g/mol. The molecule has 0 saturated carbocycles. The standard InChI is InChI=1S/C20H24ClN3O/c1-16(18-9-5-6-10-19(18)21)22-15-20(25)24-13-11-23(12-14-24)17-7-3-2-4-8-17/h2-10,16,22H,11-15H2,1H3/t16-/m1/s1. The van der Waals surface area contributed by atoms with Crippen LogP contribution < -0.4 is 10.2 Å². The van der Waals surface area contributed by atoms with E-state index >= 15 is 0 Å². The van der Waals surface area contributed by atoms with Crippen LogP contribution in [0.1, 0.15) is 18.5 Å². The predicted octanol–water partition coefficient (Wildman–Crippen LogP) is 3.34. The summed E-state index contributed by atoms with van der Waals surface area (Å²) in [5.74, 6) is 0.145. The van der Waals surface area contributed by atoms with Crippen molar-refractivity contribution in [3.63, 3.8) is 0 Å². The maximum Gasteiger partial charge on any atom is 0.236 e. The van der Waals surface area contributed by atoms with Gasteiger partial charge < -0.3 is 15.1 Å². The number of rotatable bonds is 5. The summed E-state index contributed by atoms with van der Waals surface area (Å²) in [6.45, 7) is 5.62. The fourth-order valence-electron chi connectivity index (χ4n) is 3.14. The van der Waals surface area contributed by atoms with Crippen LogP contribution in [0.25, 0.3) is 0 Å². The fraction of sp³-hybridized carbons (Fsp3) is 0.350. The summed E-state index contributed by atoms with van der Waals surface area (Å²) in [7, 11) is 0. The number of benzene rings is 2. The van der Waals surface area contributed by atoms with Crippen LogP contribution in [0.4, 0.5) is 5.69 Å². The minimum absolute atomic E-state index is 0.0447. The van der Waals surface area contributed by atoms with Crippen LogP contribution in [-0.2, 0) is 4.79 Å². The third kappa shape index (κ3) is 4.53. The van der Waals surface area contributed by atoms with Crippen molar-refractivity contribution in [3.05, 3.63) is 65.2 Å². The van der Waals surface area contributed by atoms with Crippen molar-refractivity contribution in [2.24, 2.45) is 0 Å². The molecule has 1 amide bonds. The second-order valence-electron chi connectivity index (χ2n) is 6.33. The van der Waals surface area contributed by atoms with Gasteiger partial charge in [0, 0.05) is 42.9 Å². The van der Waals surface area contributed by atoms with Gasteiger partial charge in [0.25, 0.3) is 0 Å². The van der Waals surface area contributed by atoms with Gasteiger partial charge in [0.05, 0.1) is 6.54 Å².